The van der Waals surface area contributed by atoms with Gasteiger partial charge in [0.1, 0.15) is 0 Å². The van der Waals surface area contributed by atoms with Gasteiger partial charge >= 0.3 is 5.69 Å². The molecule has 4 rings (SSSR count). The quantitative estimate of drug-likeness (QED) is 0.533. The molecule has 0 unspecified atom stereocenters. The SMILES string of the molecule is Cc1cccc(C(=O)Nc2cc3c(cc2S(=O)(=O)c2ccccc2)n(C)c(=O)n3C)c1. The molecule has 0 fully saturated rings. The van der Waals surface area contributed by atoms with E-state index in [0.29, 0.717) is 16.6 Å². The molecule has 158 valence electrons. The van der Waals surface area contributed by atoms with Crippen molar-refractivity contribution in [2.24, 2.45) is 14.1 Å². The van der Waals surface area contributed by atoms with Crippen molar-refractivity contribution in [1.29, 1.82) is 0 Å². The molecule has 0 bridgehead atoms. The molecule has 0 saturated heterocycles. The number of sulfone groups is 1. The van der Waals surface area contributed by atoms with E-state index in [0.717, 1.165) is 5.56 Å². The first-order valence-corrected chi connectivity index (χ1v) is 11.1. The Kier molecular flexibility index (Phi) is 5.02. The average molecular weight is 436 g/mol. The molecule has 8 heteroatoms. The van der Waals surface area contributed by atoms with Crippen LogP contribution in [0.15, 0.2) is 81.3 Å². The summed E-state index contributed by atoms with van der Waals surface area (Å²) in [5, 5.41) is 2.74. The van der Waals surface area contributed by atoms with Crippen LogP contribution < -0.4 is 11.0 Å². The number of anilines is 1. The number of imidazole rings is 1. The van der Waals surface area contributed by atoms with E-state index in [2.05, 4.69) is 5.32 Å². The Hall–Kier alpha value is -3.65. The molecule has 0 aliphatic heterocycles. The number of aryl methyl sites for hydroxylation is 3. The Balaban J connectivity index is 1.94. The highest BCUT2D eigenvalue weighted by Gasteiger charge is 2.25. The number of carbonyl (C=O) groups is 1. The van der Waals surface area contributed by atoms with Crippen LogP contribution in [-0.4, -0.2) is 23.5 Å². The van der Waals surface area contributed by atoms with Crippen LogP contribution >= 0.6 is 0 Å². The number of nitrogens with one attached hydrogen (secondary N) is 1. The molecule has 31 heavy (non-hydrogen) atoms. The second-order valence-electron chi connectivity index (χ2n) is 7.38. The Morgan fingerprint density at radius 2 is 1.52 bits per heavy atom. The van der Waals surface area contributed by atoms with E-state index < -0.39 is 15.7 Å². The van der Waals surface area contributed by atoms with Crippen LogP contribution in [0.2, 0.25) is 0 Å². The first-order chi connectivity index (χ1) is 14.7. The maximum Gasteiger partial charge on any atom is 0.328 e. The van der Waals surface area contributed by atoms with Crippen LogP contribution in [0.25, 0.3) is 11.0 Å². The van der Waals surface area contributed by atoms with Crippen LogP contribution in [0.4, 0.5) is 5.69 Å². The van der Waals surface area contributed by atoms with Crippen LogP contribution in [0, 0.1) is 6.92 Å². The van der Waals surface area contributed by atoms with Gasteiger partial charge in [0, 0.05) is 19.7 Å². The zero-order valence-corrected chi connectivity index (χ0v) is 18.1. The topological polar surface area (TPSA) is 90.2 Å². The van der Waals surface area contributed by atoms with Gasteiger partial charge in [-0.2, -0.15) is 0 Å². The molecule has 3 aromatic carbocycles. The number of hydrogen-bond acceptors (Lipinski definition) is 4. The summed E-state index contributed by atoms with van der Waals surface area (Å²) in [7, 11) is -0.779. The number of amides is 1. The van der Waals surface area contributed by atoms with Crippen molar-refractivity contribution in [2.45, 2.75) is 16.7 Å². The van der Waals surface area contributed by atoms with Gasteiger partial charge in [0.25, 0.3) is 5.91 Å². The highest BCUT2D eigenvalue weighted by atomic mass is 32.2. The highest BCUT2D eigenvalue weighted by molar-refractivity contribution is 7.91. The van der Waals surface area contributed by atoms with E-state index in [4.69, 9.17) is 0 Å². The summed E-state index contributed by atoms with van der Waals surface area (Å²) in [6.45, 7) is 1.87. The van der Waals surface area contributed by atoms with Gasteiger partial charge in [0.2, 0.25) is 9.84 Å². The monoisotopic (exact) mass is 435 g/mol. The van der Waals surface area contributed by atoms with E-state index in [9.17, 15) is 18.0 Å². The lowest BCUT2D eigenvalue weighted by atomic mass is 10.1. The molecule has 0 saturated carbocycles. The number of fused-ring (bicyclic) bond motifs is 1. The molecular formula is C23H21N3O4S. The summed E-state index contributed by atoms with van der Waals surface area (Å²) in [5.41, 5.74) is 2.11. The molecule has 0 atom stereocenters. The minimum absolute atomic E-state index is 0.0756. The van der Waals surface area contributed by atoms with Gasteiger partial charge in [-0.05, 0) is 43.3 Å². The molecule has 4 aromatic rings. The summed E-state index contributed by atoms with van der Waals surface area (Å²) in [5.74, 6) is -0.437. The van der Waals surface area contributed by atoms with E-state index in [-0.39, 0.29) is 21.2 Å². The number of aromatic nitrogens is 2. The summed E-state index contributed by atoms with van der Waals surface area (Å²) >= 11 is 0. The number of nitrogens with zero attached hydrogens (tertiary/aromatic N) is 2. The fourth-order valence-electron chi connectivity index (χ4n) is 3.55. The van der Waals surface area contributed by atoms with E-state index in [1.807, 2.05) is 13.0 Å². The molecule has 0 spiro atoms. The highest BCUT2D eigenvalue weighted by Crippen LogP contribution is 2.32. The summed E-state index contributed by atoms with van der Waals surface area (Å²) in [6.07, 6.45) is 0. The van der Waals surface area contributed by atoms with Crippen molar-refractivity contribution in [1.82, 2.24) is 9.13 Å². The second kappa shape index (κ2) is 7.55. The van der Waals surface area contributed by atoms with Crippen molar-refractivity contribution < 1.29 is 13.2 Å². The lowest BCUT2D eigenvalue weighted by Gasteiger charge is -2.13. The van der Waals surface area contributed by atoms with E-state index in [1.165, 1.54) is 33.4 Å². The van der Waals surface area contributed by atoms with Gasteiger partial charge in [-0.1, -0.05) is 35.9 Å². The third-order valence-electron chi connectivity index (χ3n) is 5.24. The minimum Gasteiger partial charge on any atom is -0.321 e. The van der Waals surface area contributed by atoms with E-state index in [1.54, 1.807) is 50.5 Å². The average Bonchev–Trinajstić information content (AvgIpc) is 2.97. The zero-order chi connectivity index (χ0) is 22.3. The fraction of sp³-hybridized carbons (Fsp3) is 0.130. The maximum atomic E-state index is 13.4. The number of hydrogen-bond donors (Lipinski definition) is 1. The molecule has 1 aromatic heterocycles. The summed E-state index contributed by atoms with van der Waals surface area (Å²) in [4.78, 5) is 25.3. The number of rotatable bonds is 4. The number of benzene rings is 3. The van der Waals surface area contributed by atoms with Gasteiger partial charge in [-0.25, -0.2) is 13.2 Å². The Labute approximate surface area is 179 Å². The predicted molar refractivity (Wildman–Crippen MR) is 119 cm³/mol. The van der Waals surface area contributed by atoms with Gasteiger partial charge < -0.3 is 5.32 Å². The summed E-state index contributed by atoms with van der Waals surface area (Å²) < 4.78 is 29.6. The molecule has 1 amide bonds. The maximum absolute atomic E-state index is 13.4. The van der Waals surface area contributed by atoms with Gasteiger partial charge in [0.15, 0.2) is 0 Å². The Bertz CT molecular complexity index is 1480. The van der Waals surface area contributed by atoms with Crippen molar-refractivity contribution >= 4 is 32.5 Å². The largest absolute Gasteiger partial charge is 0.328 e. The lowest BCUT2D eigenvalue weighted by Crippen LogP contribution is -2.19. The van der Waals surface area contributed by atoms with Crippen LogP contribution in [0.5, 0.6) is 0 Å². The third-order valence-corrected chi connectivity index (χ3v) is 7.05. The van der Waals surface area contributed by atoms with Gasteiger partial charge in [-0.15, -0.1) is 0 Å². The van der Waals surface area contributed by atoms with Crippen molar-refractivity contribution in [3.63, 3.8) is 0 Å². The standard InChI is InChI=1S/C23H21N3O4S/c1-15-8-7-9-16(12-15)22(27)24-18-13-19-20(26(3)23(28)25(19)2)14-21(18)31(29,30)17-10-5-4-6-11-17/h4-14H,1-3H3,(H,24,27). The van der Waals surface area contributed by atoms with Crippen LogP contribution in [-0.2, 0) is 23.9 Å². The fourth-order valence-corrected chi connectivity index (χ4v) is 4.99. The minimum atomic E-state index is -3.96. The molecule has 1 N–H and O–H groups in total. The normalized spacial score (nSPS) is 11.6. The van der Waals surface area contributed by atoms with Gasteiger partial charge in [0.05, 0.1) is 26.5 Å². The Morgan fingerprint density at radius 3 is 2.16 bits per heavy atom. The molecule has 1 heterocycles. The van der Waals surface area contributed by atoms with Crippen molar-refractivity contribution in [2.75, 3.05) is 5.32 Å². The molecular weight excluding hydrogens is 414 g/mol. The first-order valence-electron chi connectivity index (χ1n) is 9.58. The Morgan fingerprint density at radius 1 is 0.871 bits per heavy atom. The molecule has 7 nitrogen and oxygen atoms in total. The first kappa shape index (κ1) is 20.6. The van der Waals surface area contributed by atoms with Gasteiger partial charge in [-0.3, -0.25) is 13.9 Å². The van der Waals surface area contributed by atoms with Crippen LogP contribution in [0.1, 0.15) is 15.9 Å². The second-order valence-corrected chi connectivity index (χ2v) is 9.30. The summed E-state index contributed by atoms with van der Waals surface area (Å²) in [6, 6.07) is 18.0. The van der Waals surface area contributed by atoms with Crippen LogP contribution in [0.3, 0.4) is 0 Å². The third kappa shape index (κ3) is 3.55. The predicted octanol–water partition coefficient (Wildman–Crippen LogP) is 3.27. The molecule has 0 radical (unpaired) electrons. The van der Waals surface area contributed by atoms with Crippen molar-refractivity contribution in [3.05, 3.63) is 88.3 Å². The van der Waals surface area contributed by atoms with Crippen molar-refractivity contribution in [3.8, 4) is 0 Å². The zero-order valence-electron chi connectivity index (χ0n) is 17.3. The smallest absolute Gasteiger partial charge is 0.321 e. The van der Waals surface area contributed by atoms with E-state index >= 15 is 0 Å². The molecule has 0 aliphatic rings. The lowest BCUT2D eigenvalue weighted by molar-refractivity contribution is 0.102. The molecule has 0 aliphatic carbocycles. The number of carbonyl (C=O) groups excluding carboxylic acids is 1.